The lowest BCUT2D eigenvalue weighted by Crippen LogP contribution is -2.41. The van der Waals surface area contributed by atoms with Crippen LogP contribution in [-0.4, -0.2) is 36.9 Å². The maximum Gasteiger partial charge on any atom is 0.167 e. The number of anilines is 1. The normalized spacial score (nSPS) is 20.0. The first kappa shape index (κ1) is 17.7. The first-order valence-corrected chi connectivity index (χ1v) is 9.24. The molecule has 2 heterocycles. The summed E-state index contributed by atoms with van der Waals surface area (Å²) in [7, 11) is 1.47. The van der Waals surface area contributed by atoms with Crippen molar-refractivity contribution in [3.05, 3.63) is 66.1 Å². The summed E-state index contributed by atoms with van der Waals surface area (Å²) >= 11 is 0. The topological polar surface area (TPSA) is 45.6 Å². The van der Waals surface area contributed by atoms with E-state index in [1.54, 1.807) is 12.3 Å². The average molecular weight is 366 g/mol. The first-order chi connectivity index (χ1) is 13.2. The molecule has 27 heavy (non-hydrogen) atoms. The third kappa shape index (κ3) is 3.35. The van der Waals surface area contributed by atoms with Crippen LogP contribution >= 0.6 is 0 Å². The summed E-state index contributed by atoms with van der Waals surface area (Å²) in [5, 5.41) is 10.9. The number of aliphatic hydroxyl groups is 1. The van der Waals surface area contributed by atoms with Gasteiger partial charge < -0.3 is 14.7 Å². The SMILES string of the molecule is COc1cc2c(N3CC[C@@H](c4ccccc4)[C@@H](CO)C3)ccnc2cc1F. The van der Waals surface area contributed by atoms with Gasteiger partial charge in [0.15, 0.2) is 11.6 Å². The van der Waals surface area contributed by atoms with Crippen molar-refractivity contribution in [2.24, 2.45) is 5.92 Å². The highest BCUT2D eigenvalue weighted by Gasteiger charge is 2.30. The Morgan fingerprint density at radius 1 is 1.22 bits per heavy atom. The largest absolute Gasteiger partial charge is 0.494 e. The van der Waals surface area contributed by atoms with Gasteiger partial charge in [-0.25, -0.2) is 4.39 Å². The van der Waals surface area contributed by atoms with E-state index in [9.17, 15) is 9.50 Å². The van der Waals surface area contributed by atoms with Gasteiger partial charge in [0.1, 0.15) is 0 Å². The Bertz CT molecular complexity index is 932. The minimum atomic E-state index is -0.411. The lowest BCUT2D eigenvalue weighted by molar-refractivity contribution is 0.190. The predicted octanol–water partition coefficient (Wildman–Crippen LogP) is 3.98. The Morgan fingerprint density at radius 3 is 2.78 bits per heavy atom. The molecule has 1 N–H and O–H groups in total. The van der Waals surface area contributed by atoms with Gasteiger partial charge >= 0.3 is 0 Å². The molecule has 0 radical (unpaired) electrons. The molecule has 1 aromatic heterocycles. The molecule has 1 saturated heterocycles. The number of methoxy groups -OCH3 is 1. The molecule has 0 saturated carbocycles. The van der Waals surface area contributed by atoms with Crippen LogP contribution in [0.2, 0.25) is 0 Å². The summed E-state index contributed by atoms with van der Waals surface area (Å²) in [4.78, 5) is 6.57. The maximum absolute atomic E-state index is 14.0. The molecule has 0 unspecified atom stereocenters. The average Bonchev–Trinajstić information content (AvgIpc) is 2.73. The van der Waals surface area contributed by atoms with Crippen LogP contribution in [0.25, 0.3) is 10.9 Å². The third-order valence-corrected chi connectivity index (χ3v) is 5.53. The Hall–Kier alpha value is -2.66. The number of pyridine rings is 1. The zero-order valence-electron chi connectivity index (χ0n) is 15.3. The van der Waals surface area contributed by atoms with Crippen LogP contribution in [0.4, 0.5) is 10.1 Å². The van der Waals surface area contributed by atoms with Gasteiger partial charge in [0.2, 0.25) is 0 Å². The fourth-order valence-corrected chi connectivity index (χ4v) is 4.14. The smallest absolute Gasteiger partial charge is 0.167 e. The van der Waals surface area contributed by atoms with Crippen molar-refractivity contribution in [3.63, 3.8) is 0 Å². The zero-order valence-corrected chi connectivity index (χ0v) is 15.3. The number of fused-ring (bicyclic) bond motifs is 1. The van der Waals surface area contributed by atoms with Gasteiger partial charge in [-0.05, 0) is 30.0 Å². The van der Waals surface area contributed by atoms with E-state index >= 15 is 0 Å². The Labute approximate surface area is 158 Å². The van der Waals surface area contributed by atoms with Crippen LogP contribution in [0.5, 0.6) is 5.75 Å². The summed E-state index contributed by atoms with van der Waals surface area (Å²) in [6, 6.07) is 15.5. The van der Waals surface area contributed by atoms with Gasteiger partial charge in [0, 0.05) is 49.0 Å². The number of halogens is 1. The monoisotopic (exact) mass is 366 g/mol. The molecule has 4 rings (SSSR count). The standard InChI is InChI=1S/C22H23FN2O2/c1-27-22-11-18-20(12-19(22)23)24-9-7-21(18)25-10-8-17(16(13-25)14-26)15-5-3-2-4-6-15/h2-7,9,11-12,16-17,26H,8,10,13-14H2,1H3/t16-,17+/m1/s1. The van der Waals surface area contributed by atoms with Crippen molar-refractivity contribution >= 4 is 16.6 Å². The Morgan fingerprint density at radius 2 is 2.04 bits per heavy atom. The number of nitrogens with zero attached hydrogens (tertiary/aromatic N) is 2. The van der Waals surface area contributed by atoms with Gasteiger partial charge in [-0.1, -0.05) is 30.3 Å². The molecule has 1 fully saturated rings. The number of rotatable bonds is 4. The van der Waals surface area contributed by atoms with E-state index < -0.39 is 5.82 Å². The van der Waals surface area contributed by atoms with Crippen LogP contribution in [0.15, 0.2) is 54.7 Å². The molecule has 5 heteroatoms. The highest BCUT2D eigenvalue weighted by molar-refractivity contribution is 5.92. The van der Waals surface area contributed by atoms with Crippen molar-refractivity contribution < 1.29 is 14.2 Å². The minimum Gasteiger partial charge on any atom is -0.494 e. The van der Waals surface area contributed by atoms with Gasteiger partial charge in [-0.3, -0.25) is 4.98 Å². The number of aromatic nitrogens is 1. The molecule has 0 amide bonds. The van der Waals surface area contributed by atoms with E-state index in [1.807, 2.05) is 24.3 Å². The Balaban J connectivity index is 1.67. The van der Waals surface area contributed by atoms with Gasteiger partial charge in [-0.15, -0.1) is 0 Å². The molecule has 140 valence electrons. The molecule has 0 bridgehead atoms. The number of hydrogen-bond donors (Lipinski definition) is 1. The predicted molar refractivity (Wildman–Crippen MR) is 105 cm³/mol. The van der Waals surface area contributed by atoms with Crippen LogP contribution in [0.1, 0.15) is 17.9 Å². The molecular formula is C22H23FN2O2. The van der Waals surface area contributed by atoms with Gasteiger partial charge in [0.25, 0.3) is 0 Å². The fourth-order valence-electron chi connectivity index (χ4n) is 4.14. The molecule has 1 aliphatic heterocycles. The second kappa shape index (κ2) is 7.53. The van der Waals surface area contributed by atoms with E-state index in [1.165, 1.54) is 18.7 Å². The second-order valence-corrected chi connectivity index (χ2v) is 7.03. The minimum absolute atomic E-state index is 0.136. The Kier molecular flexibility index (Phi) is 4.94. The fraction of sp³-hybridized carbons (Fsp3) is 0.318. The van der Waals surface area contributed by atoms with Crippen molar-refractivity contribution in [1.29, 1.82) is 0 Å². The third-order valence-electron chi connectivity index (χ3n) is 5.53. The summed E-state index contributed by atoms with van der Waals surface area (Å²) < 4.78 is 19.2. The van der Waals surface area contributed by atoms with Crippen LogP contribution in [-0.2, 0) is 0 Å². The van der Waals surface area contributed by atoms with Crippen LogP contribution < -0.4 is 9.64 Å². The molecule has 2 aromatic carbocycles. The lowest BCUT2D eigenvalue weighted by atomic mass is 9.80. The number of benzene rings is 2. The molecule has 0 spiro atoms. The quantitative estimate of drug-likeness (QED) is 0.759. The number of aliphatic hydroxyl groups excluding tert-OH is 1. The van der Waals surface area contributed by atoms with Crippen molar-refractivity contribution in [2.45, 2.75) is 12.3 Å². The number of hydrogen-bond acceptors (Lipinski definition) is 4. The van der Waals surface area contributed by atoms with E-state index in [-0.39, 0.29) is 18.3 Å². The van der Waals surface area contributed by atoms with E-state index in [0.717, 1.165) is 30.6 Å². The van der Waals surface area contributed by atoms with Crippen LogP contribution in [0.3, 0.4) is 0 Å². The van der Waals surface area contributed by atoms with Crippen molar-refractivity contribution in [2.75, 3.05) is 31.7 Å². The van der Waals surface area contributed by atoms with E-state index in [4.69, 9.17) is 4.74 Å². The van der Waals surface area contributed by atoms with Crippen LogP contribution in [0, 0.1) is 11.7 Å². The molecule has 3 aromatic rings. The highest BCUT2D eigenvalue weighted by atomic mass is 19.1. The summed E-state index contributed by atoms with van der Waals surface area (Å²) in [6.07, 6.45) is 2.66. The highest BCUT2D eigenvalue weighted by Crippen LogP contribution is 2.37. The zero-order chi connectivity index (χ0) is 18.8. The van der Waals surface area contributed by atoms with Gasteiger partial charge in [-0.2, -0.15) is 0 Å². The van der Waals surface area contributed by atoms with Crippen molar-refractivity contribution in [1.82, 2.24) is 4.98 Å². The van der Waals surface area contributed by atoms with Gasteiger partial charge in [0.05, 0.1) is 12.6 Å². The molecular weight excluding hydrogens is 343 g/mol. The second-order valence-electron chi connectivity index (χ2n) is 7.03. The summed E-state index contributed by atoms with van der Waals surface area (Å²) in [6.45, 7) is 1.75. The van der Waals surface area contributed by atoms with E-state index in [2.05, 4.69) is 22.0 Å². The van der Waals surface area contributed by atoms with E-state index in [0.29, 0.717) is 11.4 Å². The molecule has 4 nitrogen and oxygen atoms in total. The van der Waals surface area contributed by atoms with Crippen molar-refractivity contribution in [3.8, 4) is 5.75 Å². The number of ether oxygens (including phenoxy) is 1. The summed E-state index contributed by atoms with van der Waals surface area (Å²) in [5.74, 6) is 0.291. The summed E-state index contributed by atoms with van der Waals surface area (Å²) in [5.41, 5.74) is 2.89. The molecule has 1 aliphatic rings. The number of piperidine rings is 1. The maximum atomic E-state index is 14.0. The lowest BCUT2D eigenvalue weighted by Gasteiger charge is -2.39. The molecule has 0 aliphatic carbocycles. The first-order valence-electron chi connectivity index (χ1n) is 9.24. The molecule has 2 atom stereocenters.